The van der Waals surface area contributed by atoms with Crippen LogP contribution in [0.2, 0.25) is 0 Å². The van der Waals surface area contributed by atoms with E-state index in [0.717, 1.165) is 24.9 Å². The van der Waals surface area contributed by atoms with E-state index in [0.29, 0.717) is 19.5 Å². The molecular weight excluding hydrogens is 404 g/mol. The highest BCUT2D eigenvalue weighted by molar-refractivity contribution is 5.89. The van der Waals surface area contributed by atoms with Gasteiger partial charge in [0.25, 0.3) is 0 Å². The van der Waals surface area contributed by atoms with E-state index in [9.17, 15) is 14.7 Å². The number of nitrogens with two attached hydrogens (primary N) is 1. The Morgan fingerprint density at radius 3 is 2.25 bits per heavy atom. The number of phenolic OH excluding ortho intramolecular Hbond substituents is 1. The Labute approximate surface area is 191 Å². The van der Waals surface area contributed by atoms with E-state index in [2.05, 4.69) is 17.4 Å². The zero-order valence-corrected chi connectivity index (χ0v) is 19.3. The van der Waals surface area contributed by atoms with Crippen molar-refractivity contribution in [2.24, 2.45) is 5.73 Å². The SMILES string of the molecule is C[C@@H](NC(=O)[C@@H](N)Cc1ccc(O)cc1)C(=O)N(CCCc1ccccc1)CCN(C)C. The summed E-state index contributed by atoms with van der Waals surface area (Å²) in [6.07, 6.45) is 2.07. The molecule has 2 aromatic rings. The van der Waals surface area contributed by atoms with Gasteiger partial charge in [0.15, 0.2) is 0 Å². The maximum absolute atomic E-state index is 13.1. The third-order valence-electron chi connectivity index (χ3n) is 5.32. The van der Waals surface area contributed by atoms with Crippen molar-refractivity contribution in [3.63, 3.8) is 0 Å². The molecule has 2 amide bonds. The van der Waals surface area contributed by atoms with Crippen LogP contribution in [0.1, 0.15) is 24.5 Å². The zero-order valence-electron chi connectivity index (χ0n) is 19.3. The number of nitrogens with one attached hydrogen (secondary N) is 1. The number of rotatable bonds is 12. The molecule has 7 heteroatoms. The largest absolute Gasteiger partial charge is 0.508 e. The lowest BCUT2D eigenvalue weighted by Gasteiger charge is -2.28. The quantitative estimate of drug-likeness (QED) is 0.467. The van der Waals surface area contributed by atoms with Crippen LogP contribution < -0.4 is 11.1 Å². The van der Waals surface area contributed by atoms with Crippen LogP contribution in [0, 0.1) is 0 Å². The van der Waals surface area contributed by atoms with Crippen molar-refractivity contribution >= 4 is 11.8 Å². The van der Waals surface area contributed by atoms with Crippen LogP contribution in [-0.2, 0) is 22.4 Å². The predicted molar refractivity (Wildman–Crippen MR) is 127 cm³/mol. The normalized spacial score (nSPS) is 12.9. The summed E-state index contributed by atoms with van der Waals surface area (Å²) in [5, 5.41) is 12.1. The number of carbonyl (C=O) groups is 2. The Bertz CT molecular complexity index is 840. The Balaban J connectivity index is 1.90. The molecule has 0 aliphatic rings. The molecule has 2 rings (SSSR count). The maximum Gasteiger partial charge on any atom is 0.244 e. The molecule has 0 bridgehead atoms. The first-order chi connectivity index (χ1) is 15.3. The molecule has 0 radical (unpaired) electrons. The molecule has 2 aromatic carbocycles. The van der Waals surface area contributed by atoms with Crippen LogP contribution in [0.4, 0.5) is 0 Å². The highest BCUT2D eigenvalue weighted by atomic mass is 16.3. The molecule has 7 nitrogen and oxygen atoms in total. The molecule has 2 atom stereocenters. The average Bonchev–Trinajstić information content (AvgIpc) is 2.77. The lowest BCUT2D eigenvalue weighted by atomic mass is 10.1. The fourth-order valence-electron chi connectivity index (χ4n) is 3.41. The number of aryl methyl sites for hydroxylation is 1. The van der Waals surface area contributed by atoms with Crippen LogP contribution >= 0.6 is 0 Å². The molecule has 0 saturated carbocycles. The molecule has 32 heavy (non-hydrogen) atoms. The summed E-state index contributed by atoms with van der Waals surface area (Å²) in [6, 6.07) is 15.3. The summed E-state index contributed by atoms with van der Waals surface area (Å²) in [6.45, 7) is 3.67. The van der Waals surface area contributed by atoms with Gasteiger partial charge in [-0.25, -0.2) is 0 Å². The molecule has 0 saturated heterocycles. The molecule has 4 N–H and O–H groups in total. The van der Waals surface area contributed by atoms with Crippen molar-refractivity contribution in [3.05, 3.63) is 65.7 Å². The third-order valence-corrected chi connectivity index (χ3v) is 5.32. The van der Waals surface area contributed by atoms with E-state index >= 15 is 0 Å². The van der Waals surface area contributed by atoms with E-state index in [1.165, 1.54) is 5.56 Å². The van der Waals surface area contributed by atoms with E-state index in [1.54, 1.807) is 31.2 Å². The Morgan fingerprint density at radius 1 is 0.969 bits per heavy atom. The molecule has 0 spiro atoms. The van der Waals surface area contributed by atoms with Gasteiger partial charge in [-0.15, -0.1) is 0 Å². The summed E-state index contributed by atoms with van der Waals surface area (Å²) < 4.78 is 0. The van der Waals surface area contributed by atoms with Gasteiger partial charge in [0.05, 0.1) is 6.04 Å². The zero-order chi connectivity index (χ0) is 23.5. The van der Waals surface area contributed by atoms with Gasteiger partial charge in [0.2, 0.25) is 11.8 Å². The number of benzene rings is 2. The van der Waals surface area contributed by atoms with Crippen molar-refractivity contribution in [2.75, 3.05) is 33.7 Å². The van der Waals surface area contributed by atoms with Gasteiger partial charge in [-0.1, -0.05) is 42.5 Å². The van der Waals surface area contributed by atoms with Crippen LogP contribution in [0.5, 0.6) is 5.75 Å². The average molecular weight is 441 g/mol. The van der Waals surface area contributed by atoms with Gasteiger partial charge in [0.1, 0.15) is 11.8 Å². The van der Waals surface area contributed by atoms with Crippen molar-refractivity contribution in [2.45, 2.75) is 38.3 Å². The smallest absolute Gasteiger partial charge is 0.244 e. The lowest BCUT2D eigenvalue weighted by molar-refractivity contribution is -0.136. The molecule has 0 aliphatic carbocycles. The molecule has 174 valence electrons. The summed E-state index contributed by atoms with van der Waals surface area (Å²) >= 11 is 0. The fourth-order valence-corrected chi connectivity index (χ4v) is 3.41. The van der Waals surface area contributed by atoms with Crippen molar-refractivity contribution in [1.29, 1.82) is 0 Å². The number of hydrogen-bond acceptors (Lipinski definition) is 5. The van der Waals surface area contributed by atoms with Gasteiger partial charge in [-0.2, -0.15) is 0 Å². The minimum atomic E-state index is -0.775. The minimum Gasteiger partial charge on any atom is -0.508 e. The fraction of sp³-hybridized carbons (Fsp3) is 0.440. The van der Waals surface area contributed by atoms with Crippen molar-refractivity contribution < 1.29 is 14.7 Å². The number of carbonyl (C=O) groups excluding carboxylic acids is 2. The summed E-state index contributed by atoms with van der Waals surface area (Å²) in [5.41, 5.74) is 8.14. The van der Waals surface area contributed by atoms with Gasteiger partial charge in [-0.05, 0) is 63.5 Å². The van der Waals surface area contributed by atoms with Crippen molar-refractivity contribution in [3.8, 4) is 5.75 Å². The van der Waals surface area contributed by atoms with E-state index in [-0.39, 0.29) is 17.6 Å². The molecule has 0 aliphatic heterocycles. The second-order valence-corrected chi connectivity index (χ2v) is 8.43. The van der Waals surface area contributed by atoms with E-state index < -0.39 is 12.1 Å². The summed E-state index contributed by atoms with van der Waals surface area (Å²) in [5.74, 6) is -0.308. The Hall–Kier alpha value is -2.90. The monoisotopic (exact) mass is 440 g/mol. The minimum absolute atomic E-state index is 0.106. The second kappa shape index (κ2) is 12.8. The number of phenols is 1. The predicted octanol–water partition coefficient (Wildman–Crippen LogP) is 1.79. The van der Waals surface area contributed by atoms with Gasteiger partial charge < -0.3 is 26.0 Å². The summed E-state index contributed by atoms with van der Waals surface area (Å²) in [7, 11) is 3.94. The lowest BCUT2D eigenvalue weighted by Crippen LogP contribution is -2.52. The van der Waals surface area contributed by atoms with Gasteiger partial charge in [0, 0.05) is 19.6 Å². The van der Waals surface area contributed by atoms with Crippen molar-refractivity contribution in [1.82, 2.24) is 15.1 Å². The Kier molecular flexibility index (Phi) is 10.2. The number of hydrogen-bond donors (Lipinski definition) is 3. The van der Waals surface area contributed by atoms with Crippen LogP contribution in [0.15, 0.2) is 54.6 Å². The van der Waals surface area contributed by atoms with Crippen LogP contribution in [-0.4, -0.2) is 72.5 Å². The summed E-state index contributed by atoms with van der Waals surface area (Å²) in [4.78, 5) is 29.5. The molecule has 0 aromatic heterocycles. The first kappa shape index (κ1) is 25.4. The van der Waals surface area contributed by atoms with E-state index in [1.807, 2.05) is 42.1 Å². The Morgan fingerprint density at radius 2 is 1.62 bits per heavy atom. The molecular formula is C25H36N4O3. The highest BCUT2D eigenvalue weighted by Crippen LogP contribution is 2.11. The van der Waals surface area contributed by atoms with Gasteiger partial charge >= 0.3 is 0 Å². The second-order valence-electron chi connectivity index (χ2n) is 8.43. The third kappa shape index (κ3) is 8.69. The van der Waals surface area contributed by atoms with Crippen LogP contribution in [0.3, 0.4) is 0 Å². The number of amides is 2. The maximum atomic E-state index is 13.1. The van der Waals surface area contributed by atoms with Gasteiger partial charge in [-0.3, -0.25) is 9.59 Å². The number of nitrogens with zero attached hydrogens (tertiary/aromatic N) is 2. The molecule has 0 fully saturated rings. The topological polar surface area (TPSA) is 98.9 Å². The first-order valence-electron chi connectivity index (χ1n) is 11.1. The van der Waals surface area contributed by atoms with Crippen LogP contribution in [0.25, 0.3) is 0 Å². The molecule has 0 heterocycles. The number of aromatic hydroxyl groups is 1. The first-order valence-corrected chi connectivity index (χ1v) is 11.1. The standard InChI is InChI=1S/C25H36N4O3/c1-19(27-24(31)23(26)18-21-11-13-22(30)14-12-21)25(32)29(17-16-28(2)3)15-7-10-20-8-5-4-6-9-20/h4-6,8-9,11-14,19,23,30H,7,10,15-18,26H2,1-3H3,(H,27,31)/t19-,23+/m1/s1. The molecule has 0 unspecified atom stereocenters. The number of likely N-dealkylation sites (N-methyl/N-ethyl adjacent to an activating group) is 1. The van der Waals surface area contributed by atoms with E-state index in [4.69, 9.17) is 5.73 Å². The highest BCUT2D eigenvalue weighted by Gasteiger charge is 2.24.